The van der Waals surface area contributed by atoms with Gasteiger partial charge in [0.05, 0.1) is 12.1 Å². The second-order valence-electron chi connectivity index (χ2n) is 5.02. The lowest BCUT2D eigenvalue weighted by molar-refractivity contribution is -0.137. The summed E-state index contributed by atoms with van der Waals surface area (Å²) in [5.74, 6) is -1.08. The zero-order valence-electron chi connectivity index (χ0n) is 11.7. The van der Waals surface area contributed by atoms with Gasteiger partial charge in [0.25, 0.3) is 5.91 Å². The molecule has 0 saturated carbocycles. The van der Waals surface area contributed by atoms with Crippen LogP contribution in [0.1, 0.15) is 22.3 Å². The van der Waals surface area contributed by atoms with Gasteiger partial charge in [0, 0.05) is 18.2 Å². The van der Waals surface area contributed by atoms with Gasteiger partial charge < -0.3 is 16.0 Å². The molecule has 1 aromatic carbocycles. The van der Waals surface area contributed by atoms with Gasteiger partial charge in [-0.3, -0.25) is 9.59 Å². The third kappa shape index (κ3) is 4.45. The van der Waals surface area contributed by atoms with Gasteiger partial charge in [-0.1, -0.05) is 6.07 Å². The van der Waals surface area contributed by atoms with Gasteiger partial charge in [0.1, 0.15) is 0 Å². The summed E-state index contributed by atoms with van der Waals surface area (Å²) < 4.78 is 37.7. The molecular formula is C14H16F3N3O2. The van der Waals surface area contributed by atoms with E-state index in [9.17, 15) is 22.8 Å². The lowest BCUT2D eigenvalue weighted by atomic mass is 10.1. The van der Waals surface area contributed by atoms with Gasteiger partial charge >= 0.3 is 6.18 Å². The molecule has 22 heavy (non-hydrogen) atoms. The molecule has 0 bridgehead atoms. The molecular weight excluding hydrogens is 299 g/mol. The minimum Gasteiger partial charge on any atom is -0.351 e. The molecule has 120 valence electrons. The van der Waals surface area contributed by atoms with Crippen molar-refractivity contribution in [1.82, 2.24) is 16.0 Å². The van der Waals surface area contributed by atoms with Gasteiger partial charge in [-0.15, -0.1) is 0 Å². The van der Waals surface area contributed by atoms with E-state index >= 15 is 0 Å². The Morgan fingerprint density at radius 2 is 2.09 bits per heavy atom. The minimum atomic E-state index is -4.51. The predicted molar refractivity (Wildman–Crippen MR) is 73.2 cm³/mol. The highest BCUT2D eigenvalue weighted by atomic mass is 19.4. The fourth-order valence-electron chi connectivity index (χ4n) is 2.16. The Morgan fingerprint density at radius 3 is 2.73 bits per heavy atom. The largest absolute Gasteiger partial charge is 0.416 e. The van der Waals surface area contributed by atoms with E-state index in [0.29, 0.717) is 6.54 Å². The third-order valence-electron chi connectivity index (χ3n) is 3.29. The van der Waals surface area contributed by atoms with Crippen molar-refractivity contribution in [3.8, 4) is 0 Å². The molecule has 5 nitrogen and oxygen atoms in total. The topological polar surface area (TPSA) is 70.2 Å². The van der Waals surface area contributed by atoms with E-state index in [0.717, 1.165) is 31.2 Å². The highest BCUT2D eigenvalue weighted by Crippen LogP contribution is 2.29. The van der Waals surface area contributed by atoms with E-state index in [2.05, 4.69) is 16.0 Å². The quantitative estimate of drug-likeness (QED) is 0.774. The summed E-state index contributed by atoms with van der Waals surface area (Å²) in [5, 5.41) is 8.12. The summed E-state index contributed by atoms with van der Waals surface area (Å²) in [6, 6.07) is 4.09. The summed E-state index contributed by atoms with van der Waals surface area (Å²) in [6.07, 6.45) is -3.70. The van der Waals surface area contributed by atoms with Crippen LogP contribution in [0.15, 0.2) is 24.3 Å². The Balaban J connectivity index is 1.88. The van der Waals surface area contributed by atoms with E-state index in [1.54, 1.807) is 0 Å². The van der Waals surface area contributed by atoms with Crippen molar-refractivity contribution in [2.45, 2.75) is 18.6 Å². The van der Waals surface area contributed by atoms with Gasteiger partial charge in [-0.2, -0.15) is 13.2 Å². The van der Waals surface area contributed by atoms with E-state index in [1.165, 1.54) is 6.07 Å². The van der Waals surface area contributed by atoms with Crippen molar-refractivity contribution < 1.29 is 22.8 Å². The second kappa shape index (κ2) is 6.78. The summed E-state index contributed by atoms with van der Waals surface area (Å²) >= 11 is 0. The van der Waals surface area contributed by atoms with Crippen molar-refractivity contribution >= 4 is 11.8 Å². The molecule has 0 aromatic heterocycles. The Hall–Kier alpha value is -2.09. The third-order valence-corrected chi connectivity index (χ3v) is 3.29. The van der Waals surface area contributed by atoms with Crippen LogP contribution in [0, 0.1) is 0 Å². The highest BCUT2D eigenvalue weighted by Gasteiger charge is 2.30. The number of carbonyl (C=O) groups excluding carboxylic acids is 2. The lowest BCUT2D eigenvalue weighted by Gasteiger charge is -2.12. The first-order valence-electron chi connectivity index (χ1n) is 6.82. The van der Waals surface area contributed by atoms with Crippen LogP contribution in [0.25, 0.3) is 0 Å². The van der Waals surface area contributed by atoms with Crippen LogP contribution in [0.4, 0.5) is 13.2 Å². The molecule has 3 N–H and O–H groups in total. The van der Waals surface area contributed by atoms with Crippen LogP contribution in [0.3, 0.4) is 0 Å². The smallest absolute Gasteiger partial charge is 0.351 e. The molecule has 0 radical (unpaired) electrons. The Morgan fingerprint density at radius 1 is 1.32 bits per heavy atom. The molecule has 1 atom stereocenters. The summed E-state index contributed by atoms with van der Waals surface area (Å²) in [6.45, 7) is 1.22. The normalized spacial score (nSPS) is 18.0. The number of halogens is 3. The fourth-order valence-corrected chi connectivity index (χ4v) is 2.16. The Kier molecular flexibility index (Phi) is 5.02. The van der Waals surface area contributed by atoms with Crippen molar-refractivity contribution in [2.24, 2.45) is 0 Å². The molecule has 1 aromatic rings. The SMILES string of the molecule is O=C(CNC(=O)c1cccc(C(F)(F)F)c1)NC1CCNC1. The van der Waals surface area contributed by atoms with Crippen molar-refractivity contribution in [3.05, 3.63) is 35.4 Å². The second-order valence-corrected chi connectivity index (χ2v) is 5.02. The van der Waals surface area contributed by atoms with Crippen LogP contribution in [-0.4, -0.2) is 37.5 Å². The zero-order valence-corrected chi connectivity index (χ0v) is 11.7. The monoisotopic (exact) mass is 315 g/mol. The van der Waals surface area contributed by atoms with E-state index in [4.69, 9.17) is 0 Å². The van der Waals surface area contributed by atoms with Crippen LogP contribution >= 0.6 is 0 Å². The number of amides is 2. The molecule has 0 spiro atoms. The van der Waals surface area contributed by atoms with Crippen LogP contribution < -0.4 is 16.0 Å². The maximum absolute atomic E-state index is 12.6. The van der Waals surface area contributed by atoms with E-state index < -0.39 is 17.6 Å². The Bertz CT molecular complexity index is 555. The maximum Gasteiger partial charge on any atom is 0.416 e. The lowest BCUT2D eigenvalue weighted by Crippen LogP contribution is -2.42. The number of hydrogen-bond acceptors (Lipinski definition) is 3. The summed E-state index contributed by atoms with van der Waals surface area (Å²) in [7, 11) is 0. The molecule has 2 rings (SSSR count). The van der Waals surface area contributed by atoms with Gasteiger partial charge in [-0.25, -0.2) is 0 Å². The maximum atomic E-state index is 12.6. The van der Waals surface area contributed by atoms with Gasteiger partial charge in [0.2, 0.25) is 5.91 Å². The van der Waals surface area contributed by atoms with Gasteiger partial charge in [-0.05, 0) is 31.2 Å². The van der Waals surface area contributed by atoms with Crippen LogP contribution in [-0.2, 0) is 11.0 Å². The van der Waals surface area contributed by atoms with E-state index in [1.807, 2.05) is 0 Å². The molecule has 1 unspecified atom stereocenters. The van der Waals surface area contributed by atoms with Crippen LogP contribution in [0.2, 0.25) is 0 Å². The van der Waals surface area contributed by atoms with Crippen LogP contribution in [0.5, 0.6) is 0 Å². The minimum absolute atomic E-state index is 0.0259. The molecule has 1 heterocycles. The number of benzene rings is 1. The molecule has 1 fully saturated rings. The number of rotatable bonds is 4. The first kappa shape index (κ1) is 16.3. The molecule has 1 aliphatic heterocycles. The fraction of sp³-hybridized carbons (Fsp3) is 0.429. The molecule has 1 aliphatic rings. The van der Waals surface area contributed by atoms with Crippen molar-refractivity contribution in [1.29, 1.82) is 0 Å². The van der Waals surface area contributed by atoms with Crippen molar-refractivity contribution in [3.63, 3.8) is 0 Å². The Labute approximate surface area is 125 Å². The molecule has 2 amide bonds. The van der Waals surface area contributed by atoms with E-state index in [-0.39, 0.29) is 24.1 Å². The number of carbonyl (C=O) groups is 2. The molecule has 8 heteroatoms. The number of nitrogens with one attached hydrogen (secondary N) is 3. The van der Waals surface area contributed by atoms with Crippen molar-refractivity contribution in [2.75, 3.05) is 19.6 Å². The molecule has 1 saturated heterocycles. The first-order valence-corrected chi connectivity index (χ1v) is 6.82. The first-order chi connectivity index (χ1) is 10.4. The average Bonchev–Trinajstić information content (AvgIpc) is 2.97. The predicted octanol–water partition coefficient (Wildman–Crippen LogP) is 0.913. The number of hydrogen-bond donors (Lipinski definition) is 3. The summed E-state index contributed by atoms with van der Waals surface area (Å²) in [5.41, 5.74) is -1.04. The molecule has 0 aliphatic carbocycles. The van der Waals surface area contributed by atoms with Gasteiger partial charge in [0.15, 0.2) is 0 Å². The standard InChI is InChI=1S/C14H16F3N3O2/c15-14(16,17)10-3-1-2-9(6-10)13(22)19-8-12(21)20-11-4-5-18-7-11/h1-3,6,11,18H,4-5,7-8H2,(H,19,22)(H,20,21). The zero-order chi connectivity index (χ0) is 16.2. The highest BCUT2D eigenvalue weighted by molar-refractivity contribution is 5.96. The summed E-state index contributed by atoms with van der Waals surface area (Å²) in [4.78, 5) is 23.4. The number of alkyl halides is 3. The average molecular weight is 315 g/mol.